The summed E-state index contributed by atoms with van der Waals surface area (Å²) in [6, 6.07) is 8.70. The van der Waals surface area contributed by atoms with Crippen LogP contribution in [0.1, 0.15) is 36.7 Å². The van der Waals surface area contributed by atoms with Gasteiger partial charge in [0.1, 0.15) is 5.82 Å². The van der Waals surface area contributed by atoms with Gasteiger partial charge in [-0.05, 0) is 37.8 Å². The lowest BCUT2D eigenvalue weighted by atomic mass is 10.1. The van der Waals surface area contributed by atoms with Crippen LogP contribution in [0.15, 0.2) is 24.3 Å². The Labute approximate surface area is 113 Å². The summed E-state index contributed by atoms with van der Waals surface area (Å²) >= 11 is 0. The lowest BCUT2D eigenvalue weighted by Crippen LogP contribution is -2.12. The minimum Gasteiger partial charge on any atom is -0.355 e. The van der Waals surface area contributed by atoms with Crippen molar-refractivity contribution in [2.45, 2.75) is 39.2 Å². The first-order valence-electron chi connectivity index (χ1n) is 7.07. The molecule has 4 heteroatoms. The lowest BCUT2D eigenvalue weighted by Gasteiger charge is -2.12. The summed E-state index contributed by atoms with van der Waals surface area (Å²) in [4.78, 5) is 0. The monoisotopic (exact) mass is 256 g/mol. The zero-order valence-electron chi connectivity index (χ0n) is 11.6. The summed E-state index contributed by atoms with van der Waals surface area (Å²) in [6.07, 6.45) is 2.17. The Balaban J connectivity index is 1.89. The van der Waals surface area contributed by atoms with Crippen LogP contribution in [0.5, 0.6) is 0 Å². The molecule has 3 rings (SSSR count). The van der Waals surface area contributed by atoms with Crippen molar-refractivity contribution in [2.24, 2.45) is 0 Å². The van der Waals surface area contributed by atoms with Gasteiger partial charge in [-0.25, -0.2) is 0 Å². The SMILES string of the molecule is CCNc1nnc(C2Cc3ccccc3C2)n1CC. The molecule has 0 aliphatic heterocycles. The van der Waals surface area contributed by atoms with Gasteiger partial charge in [-0.15, -0.1) is 10.2 Å². The Hall–Kier alpha value is -1.84. The first kappa shape index (κ1) is 12.2. The fourth-order valence-corrected chi connectivity index (χ4v) is 2.96. The molecular weight excluding hydrogens is 236 g/mol. The molecule has 0 saturated heterocycles. The van der Waals surface area contributed by atoms with Gasteiger partial charge in [0.05, 0.1) is 0 Å². The summed E-state index contributed by atoms with van der Waals surface area (Å²) in [5, 5.41) is 12.0. The van der Waals surface area contributed by atoms with Crippen molar-refractivity contribution in [1.82, 2.24) is 14.8 Å². The van der Waals surface area contributed by atoms with E-state index in [4.69, 9.17) is 0 Å². The molecule has 4 nitrogen and oxygen atoms in total. The van der Waals surface area contributed by atoms with E-state index in [2.05, 4.69) is 58.2 Å². The summed E-state index contributed by atoms with van der Waals surface area (Å²) in [5.74, 6) is 2.49. The summed E-state index contributed by atoms with van der Waals surface area (Å²) in [5.41, 5.74) is 2.92. The molecule has 19 heavy (non-hydrogen) atoms. The van der Waals surface area contributed by atoms with Gasteiger partial charge in [-0.3, -0.25) is 4.57 Å². The molecule has 0 radical (unpaired) electrons. The van der Waals surface area contributed by atoms with Gasteiger partial charge in [0, 0.05) is 19.0 Å². The maximum atomic E-state index is 4.42. The number of fused-ring (bicyclic) bond motifs is 1. The maximum absolute atomic E-state index is 4.42. The van der Waals surface area contributed by atoms with Crippen LogP contribution in [0.3, 0.4) is 0 Å². The number of hydrogen-bond acceptors (Lipinski definition) is 3. The lowest BCUT2D eigenvalue weighted by molar-refractivity contribution is 0.610. The van der Waals surface area contributed by atoms with Crippen LogP contribution in [-0.2, 0) is 19.4 Å². The molecule has 0 saturated carbocycles. The number of benzene rings is 1. The average Bonchev–Trinajstić information content (AvgIpc) is 3.01. The van der Waals surface area contributed by atoms with Gasteiger partial charge in [0.25, 0.3) is 0 Å². The highest BCUT2D eigenvalue weighted by molar-refractivity contribution is 5.36. The Morgan fingerprint density at radius 3 is 2.42 bits per heavy atom. The number of nitrogens with one attached hydrogen (secondary N) is 1. The smallest absolute Gasteiger partial charge is 0.224 e. The molecule has 0 bridgehead atoms. The number of rotatable bonds is 4. The maximum Gasteiger partial charge on any atom is 0.224 e. The van der Waals surface area contributed by atoms with Crippen LogP contribution in [0.2, 0.25) is 0 Å². The number of hydrogen-bond donors (Lipinski definition) is 1. The van der Waals surface area contributed by atoms with Gasteiger partial charge in [0.15, 0.2) is 0 Å². The van der Waals surface area contributed by atoms with Crippen LogP contribution >= 0.6 is 0 Å². The third-order valence-electron chi connectivity index (χ3n) is 3.85. The van der Waals surface area contributed by atoms with E-state index in [9.17, 15) is 0 Å². The van der Waals surface area contributed by atoms with Crippen molar-refractivity contribution in [2.75, 3.05) is 11.9 Å². The second kappa shape index (κ2) is 5.03. The molecule has 1 aliphatic rings. The molecule has 1 aromatic heterocycles. The highest BCUT2D eigenvalue weighted by Gasteiger charge is 2.27. The highest BCUT2D eigenvalue weighted by Crippen LogP contribution is 2.33. The van der Waals surface area contributed by atoms with Crippen LogP contribution in [0, 0.1) is 0 Å². The Kier molecular flexibility index (Phi) is 3.23. The number of aromatic nitrogens is 3. The third-order valence-corrected chi connectivity index (χ3v) is 3.85. The summed E-state index contributed by atoms with van der Waals surface area (Å²) in [6.45, 7) is 6.02. The van der Waals surface area contributed by atoms with Gasteiger partial charge in [-0.2, -0.15) is 0 Å². The highest BCUT2D eigenvalue weighted by atomic mass is 15.3. The van der Waals surface area contributed by atoms with E-state index in [1.165, 1.54) is 11.1 Å². The van der Waals surface area contributed by atoms with Gasteiger partial charge in [0.2, 0.25) is 5.95 Å². The van der Waals surface area contributed by atoms with E-state index in [-0.39, 0.29) is 0 Å². The second-order valence-corrected chi connectivity index (χ2v) is 5.03. The standard InChI is InChI=1S/C15H20N4/c1-3-16-15-18-17-14(19(15)4-2)13-9-11-7-5-6-8-12(11)10-13/h5-8,13H,3-4,9-10H2,1-2H3,(H,16,18). The average molecular weight is 256 g/mol. The minimum atomic E-state index is 0.470. The number of nitrogens with zero attached hydrogens (tertiary/aromatic N) is 3. The Bertz CT molecular complexity index is 548. The second-order valence-electron chi connectivity index (χ2n) is 5.03. The molecular formula is C15H20N4. The predicted molar refractivity (Wildman–Crippen MR) is 76.5 cm³/mol. The first-order chi connectivity index (χ1) is 9.33. The molecule has 0 spiro atoms. The molecule has 1 heterocycles. The molecule has 0 fully saturated rings. The van der Waals surface area contributed by atoms with Crippen LogP contribution in [0.4, 0.5) is 5.95 Å². The van der Waals surface area contributed by atoms with Gasteiger partial charge >= 0.3 is 0 Å². The van der Waals surface area contributed by atoms with E-state index in [0.29, 0.717) is 5.92 Å². The van der Waals surface area contributed by atoms with E-state index in [0.717, 1.165) is 37.7 Å². The topological polar surface area (TPSA) is 42.7 Å². The van der Waals surface area contributed by atoms with E-state index >= 15 is 0 Å². The fraction of sp³-hybridized carbons (Fsp3) is 0.467. The van der Waals surface area contributed by atoms with Crippen molar-refractivity contribution in [1.29, 1.82) is 0 Å². The molecule has 0 atom stereocenters. The fourth-order valence-electron chi connectivity index (χ4n) is 2.96. The first-order valence-corrected chi connectivity index (χ1v) is 7.07. The van der Waals surface area contributed by atoms with Gasteiger partial charge < -0.3 is 5.32 Å². The summed E-state index contributed by atoms with van der Waals surface area (Å²) < 4.78 is 2.21. The number of anilines is 1. The molecule has 0 amide bonds. The zero-order chi connectivity index (χ0) is 13.2. The zero-order valence-corrected chi connectivity index (χ0v) is 11.6. The molecule has 1 aromatic carbocycles. The molecule has 1 N–H and O–H groups in total. The van der Waals surface area contributed by atoms with E-state index in [1.54, 1.807) is 0 Å². The van der Waals surface area contributed by atoms with Gasteiger partial charge in [-0.1, -0.05) is 24.3 Å². The van der Waals surface area contributed by atoms with Crippen molar-refractivity contribution in [3.05, 3.63) is 41.2 Å². The van der Waals surface area contributed by atoms with Crippen molar-refractivity contribution in [3.63, 3.8) is 0 Å². The quantitative estimate of drug-likeness (QED) is 0.914. The van der Waals surface area contributed by atoms with Crippen LogP contribution < -0.4 is 5.32 Å². The molecule has 2 aromatic rings. The Morgan fingerprint density at radius 2 is 1.84 bits per heavy atom. The summed E-state index contributed by atoms with van der Waals surface area (Å²) in [7, 11) is 0. The van der Waals surface area contributed by atoms with Crippen molar-refractivity contribution >= 4 is 5.95 Å². The minimum absolute atomic E-state index is 0.470. The third kappa shape index (κ3) is 2.11. The van der Waals surface area contributed by atoms with Crippen molar-refractivity contribution < 1.29 is 0 Å². The molecule has 100 valence electrons. The largest absolute Gasteiger partial charge is 0.355 e. The van der Waals surface area contributed by atoms with Crippen LogP contribution in [0.25, 0.3) is 0 Å². The van der Waals surface area contributed by atoms with Crippen LogP contribution in [-0.4, -0.2) is 21.3 Å². The normalized spacial score (nSPS) is 14.6. The van der Waals surface area contributed by atoms with Crippen molar-refractivity contribution in [3.8, 4) is 0 Å². The molecule has 1 aliphatic carbocycles. The van der Waals surface area contributed by atoms with E-state index in [1.807, 2.05) is 0 Å². The predicted octanol–water partition coefficient (Wildman–Crippen LogP) is 2.61. The Morgan fingerprint density at radius 1 is 1.16 bits per heavy atom. The van der Waals surface area contributed by atoms with E-state index < -0.39 is 0 Å². The molecule has 0 unspecified atom stereocenters.